The molecule has 106 valence electrons. The lowest BCUT2D eigenvalue weighted by molar-refractivity contribution is -0.125. The topological polar surface area (TPSA) is 84.6 Å². The zero-order valence-electron chi connectivity index (χ0n) is 11.5. The summed E-state index contributed by atoms with van der Waals surface area (Å²) in [6, 6.07) is 7.06. The average Bonchev–Trinajstić information content (AvgIpc) is 2.43. The molecule has 0 spiro atoms. The van der Waals surface area contributed by atoms with Crippen molar-refractivity contribution in [2.24, 2.45) is 5.73 Å². The summed E-state index contributed by atoms with van der Waals surface area (Å²) in [4.78, 5) is 11.5. The lowest BCUT2D eigenvalue weighted by atomic mass is 10.0. The molecular weight excluding hydrogens is 244 g/mol. The molecule has 0 bridgehead atoms. The van der Waals surface area contributed by atoms with Gasteiger partial charge >= 0.3 is 0 Å². The molecule has 0 saturated heterocycles. The normalized spacial score (nSPS) is 13.8. The van der Waals surface area contributed by atoms with Gasteiger partial charge in [0.15, 0.2) is 0 Å². The van der Waals surface area contributed by atoms with E-state index < -0.39 is 11.4 Å². The van der Waals surface area contributed by atoms with E-state index in [0.717, 1.165) is 12.0 Å². The van der Waals surface area contributed by atoms with Crippen molar-refractivity contribution >= 4 is 5.91 Å². The summed E-state index contributed by atoms with van der Waals surface area (Å²) in [5, 5.41) is 12.0. The number of aliphatic hydroxyl groups excluding tert-OH is 1. The second kappa shape index (κ2) is 7.11. The molecule has 5 heteroatoms. The van der Waals surface area contributed by atoms with E-state index in [9.17, 15) is 4.79 Å². The van der Waals surface area contributed by atoms with E-state index in [-0.39, 0.29) is 13.2 Å². The van der Waals surface area contributed by atoms with Crippen LogP contribution >= 0.6 is 0 Å². The monoisotopic (exact) mass is 266 g/mol. The summed E-state index contributed by atoms with van der Waals surface area (Å²) in [7, 11) is 0. The Morgan fingerprint density at radius 1 is 1.42 bits per heavy atom. The first kappa shape index (κ1) is 15.5. The molecule has 0 aromatic heterocycles. The van der Waals surface area contributed by atoms with Crippen LogP contribution in [0.2, 0.25) is 0 Å². The van der Waals surface area contributed by atoms with E-state index >= 15 is 0 Å². The second-order valence-electron chi connectivity index (χ2n) is 4.71. The standard InChI is InChI=1S/C14H22N2O3/c1-3-8-16-14(2,13(15)18)10-19-12-6-4-11(9-17)5-7-12/h4-7,16-17H,3,8-10H2,1-2H3,(H2,15,18). The van der Waals surface area contributed by atoms with Gasteiger partial charge in [-0.15, -0.1) is 0 Å². The van der Waals surface area contributed by atoms with Crippen molar-refractivity contribution in [1.29, 1.82) is 0 Å². The van der Waals surface area contributed by atoms with Crippen molar-refractivity contribution in [3.8, 4) is 5.75 Å². The van der Waals surface area contributed by atoms with Gasteiger partial charge < -0.3 is 20.9 Å². The van der Waals surface area contributed by atoms with Crippen LogP contribution < -0.4 is 15.8 Å². The average molecular weight is 266 g/mol. The largest absolute Gasteiger partial charge is 0.491 e. The first-order chi connectivity index (χ1) is 9.01. The van der Waals surface area contributed by atoms with Gasteiger partial charge in [0, 0.05) is 0 Å². The molecule has 0 aliphatic rings. The minimum Gasteiger partial charge on any atom is -0.491 e. The van der Waals surface area contributed by atoms with Gasteiger partial charge in [0.1, 0.15) is 17.9 Å². The fourth-order valence-electron chi connectivity index (χ4n) is 1.53. The van der Waals surface area contributed by atoms with Gasteiger partial charge in [0.2, 0.25) is 5.91 Å². The zero-order chi connectivity index (χ0) is 14.3. The Morgan fingerprint density at radius 2 is 2.05 bits per heavy atom. The highest BCUT2D eigenvalue weighted by atomic mass is 16.5. The summed E-state index contributed by atoms with van der Waals surface area (Å²) < 4.78 is 5.58. The van der Waals surface area contributed by atoms with Crippen molar-refractivity contribution in [3.05, 3.63) is 29.8 Å². The zero-order valence-corrected chi connectivity index (χ0v) is 11.5. The van der Waals surface area contributed by atoms with Crippen molar-refractivity contribution in [3.63, 3.8) is 0 Å². The van der Waals surface area contributed by atoms with E-state index in [1.165, 1.54) is 0 Å². The quantitative estimate of drug-likeness (QED) is 0.650. The number of carbonyl (C=O) groups is 1. The number of hydrogen-bond donors (Lipinski definition) is 3. The maximum Gasteiger partial charge on any atom is 0.240 e. The number of amides is 1. The highest BCUT2D eigenvalue weighted by Gasteiger charge is 2.31. The Bertz CT molecular complexity index is 406. The van der Waals surface area contributed by atoms with E-state index in [4.69, 9.17) is 15.6 Å². The van der Waals surface area contributed by atoms with Crippen LogP contribution in [0.3, 0.4) is 0 Å². The highest BCUT2D eigenvalue weighted by Crippen LogP contribution is 2.14. The minimum atomic E-state index is -0.883. The number of nitrogens with one attached hydrogen (secondary N) is 1. The van der Waals surface area contributed by atoms with Gasteiger partial charge in [-0.05, 0) is 37.6 Å². The molecule has 1 rings (SSSR count). The Morgan fingerprint density at radius 3 is 2.53 bits per heavy atom. The Hall–Kier alpha value is -1.59. The van der Waals surface area contributed by atoms with Gasteiger partial charge in [0.05, 0.1) is 6.61 Å². The third kappa shape index (κ3) is 4.54. The molecule has 1 aromatic carbocycles. The summed E-state index contributed by atoms with van der Waals surface area (Å²) in [5.41, 5.74) is 5.34. The second-order valence-corrected chi connectivity index (χ2v) is 4.71. The van der Waals surface area contributed by atoms with Crippen LogP contribution in [0, 0.1) is 0 Å². The lowest BCUT2D eigenvalue weighted by Gasteiger charge is -2.27. The third-order valence-corrected chi connectivity index (χ3v) is 2.94. The summed E-state index contributed by atoms with van der Waals surface area (Å²) in [5.74, 6) is 0.205. The molecule has 0 aliphatic carbocycles. The fourth-order valence-corrected chi connectivity index (χ4v) is 1.53. The number of carbonyl (C=O) groups excluding carboxylic acids is 1. The van der Waals surface area contributed by atoms with Crippen LogP contribution in [0.25, 0.3) is 0 Å². The highest BCUT2D eigenvalue weighted by molar-refractivity contribution is 5.84. The molecule has 0 radical (unpaired) electrons. The van der Waals surface area contributed by atoms with Crippen LogP contribution in [0.4, 0.5) is 0 Å². The Kier molecular flexibility index (Phi) is 5.79. The van der Waals surface area contributed by atoms with Crippen LogP contribution in [0.1, 0.15) is 25.8 Å². The summed E-state index contributed by atoms with van der Waals surface area (Å²) in [6.07, 6.45) is 0.911. The SMILES string of the molecule is CCCNC(C)(COc1ccc(CO)cc1)C(N)=O. The van der Waals surface area contributed by atoms with Crippen molar-refractivity contribution in [1.82, 2.24) is 5.32 Å². The minimum absolute atomic E-state index is 0.00264. The van der Waals surface area contributed by atoms with E-state index in [1.54, 1.807) is 31.2 Å². The number of aliphatic hydroxyl groups is 1. The fraction of sp³-hybridized carbons (Fsp3) is 0.500. The van der Waals surface area contributed by atoms with Crippen LogP contribution in [-0.4, -0.2) is 29.7 Å². The van der Waals surface area contributed by atoms with Gasteiger partial charge in [-0.2, -0.15) is 0 Å². The van der Waals surface area contributed by atoms with Crippen LogP contribution in [-0.2, 0) is 11.4 Å². The molecule has 0 aliphatic heterocycles. The number of rotatable bonds is 8. The van der Waals surface area contributed by atoms with Crippen LogP contribution in [0.5, 0.6) is 5.75 Å². The molecule has 0 heterocycles. The molecule has 4 N–H and O–H groups in total. The van der Waals surface area contributed by atoms with E-state index in [2.05, 4.69) is 5.32 Å². The smallest absolute Gasteiger partial charge is 0.240 e. The molecule has 0 saturated carbocycles. The number of nitrogens with two attached hydrogens (primary N) is 1. The predicted octanol–water partition coefficient (Wildman–Crippen LogP) is 0.801. The summed E-state index contributed by atoms with van der Waals surface area (Å²) >= 11 is 0. The van der Waals surface area contributed by atoms with Gasteiger partial charge in [-0.3, -0.25) is 4.79 Å². The van der Waals surface area contributed by atoms with Gasteiger partial charge in [-0.1, -0.05) is 19.1 Å². The molecule has 1 atom stereocenters. The number of primary amides is 1. The van der Waals surface area contributed by atoms with E-state index in [1.807, 2.05) is 6.92 Å². The first-order valence-corrected chi connectivity index (χ1v) is 6.39. The molecule has 5 nitrogen and oxygen atoms in total. The van der Waals surface area contributed by atoms with Crippen molar-refractivity contribution in [2.45, 2.75) is 32.4 Å². The van der Waals surface area contributed by atoms with Crippen molar-refractivity contribution in [2.75, 3.05) is 13.2 Å². The molecule has 0 fully saturated rings. The molecule has 19 heavy (non-hydrogen) atoms. The predicted molar refractivity (Wildman–Crippen MR) is 73.8 cm³/mol. The summed E-state index contributed by atoms with van der Waals surface area (Å²) in [6.45, 7) is 4.61. The lowest BCUT2D eigenvalue weighted by Crippen LogP contribution is -2.57. The third-order valence-electron chi connectivity index (χ3n) is 2.94. The molecule has 1 amide bonds. The molecular formula is C14H22N2O3. The van der Waals surface area contributed by atoms with Crippen LogP contribution in [0.15, 0.2) is 24.3 Å². The first-order valence-electron chi connectivity index (χ1n) is 6.39. The number of hydrogen-bond acceptors (Lipinski definition) is 4. The Balaban J connectivity index is 2.62. The van der Waals surface area contributed by atoms with Gasteiger partial charge in [-0.25, -0.2) is 0 Å². The van der Waals surface area contributed by atoms with E-state index in [0.29, 0.717) is 12.3 Å². The molecule has 1 unspecified atom stereocenters. The maximum absolute atomic E-state index is 11.5. The van der Waals surface area contributed by atoms with Gasteiger partial charge in [0.25, 0.3) is 0 Å². The van der Waals surface area contributed by atoms with Crippen molar-refractivity contribution < 1.29 is 14.6 Å². The molecule has 1 aromatic rings. The number of ether oxygens (including phenoxy) is 1. The maximum atomic E-state index is 11.5. The Labute approximate surface area is 113 Å². The number of benzene rings is 1.